The highest BCUT2D eigenvalue weighted by atomic mass is 14.8. The van der Waals surface area contributed by atoms with Crippen LogP contribution in [-0.2, 0) is 6.42 Å². The minimum absolute atomic E-state index is 1.01. The normalized spacial score (nSPS) is 14.2. The van der Waals surface area contributed by atoms with Crippen LogP contribution in [0.15, 0.2) is 41.4 Å². The summed E-state index contributed by atoms with van der Waals surface area (Å²) in [6.45, 7) is 2.09. The minimum Gasteiger partial charge on any atom is -0.257 e. The van der Waals surface area contributed by atoms with Gasteiger partial charge in [0.15, 0.2) is 0 Å². The van der Waals surface area contributed by atoms with Gasteiger partial charge in [0.25, 0.3) is 0 Å². The molecule has 0 saturated heterocycles. The average molecular weight is 181 g/mol. The molecule has 0 aliphatic carbocycles. The first kappa shape index (κ1) is 7.74. The Morgan fingerprint density at radius 3 is 2.86 bits per heavy atom. The highest BCUT2D eigenvalue weighted by Crippen LogP contribution is 2.32. The molecule has 0 bridgehead atoms. The van der Waals surface area contributed by atoms with E-state index >= 15 is 0 Å². The highest BCUT2D eigenvalue weighted by molar-refractivity contribution is 6.00. The van der Waals surface area contributed by atoms with E-state index in [0.717, 1.165) is 12.1 Å². The molecule has 1 heterocycles. The van der Waals surface area contributed by atoms with Crippen molar-refractivity contribution in [2.45, 2.75) is 13.3 Å². The van der Waals surface area contributed by atoms with Crippen LogP contribution in [0.2, 0.25) is 0 Å². The van der Waals surface area contributed by atoms with Crippen LogP contribution in [0, 0.1) is 0 Å². The van der Waals surface area contributed by atoms with Crippen LogP contribution in [-0.4, -0.2) is 5.71 Å². The number of rotatable bonds is 0. The molecule has 14 heavy (non-hydrogen) atoms. The van der Waals surface area contributed by atoms with E-state index in [1.54, 1.807) is 0 Å². The van der Waals surface area contributed by atoms with Gasteiger partial charge in [-0.15, -0.1) is 0 Å². The van der Waals surface area contributed by atoms with Gasteiger partial charge in [0.05, 0.1) is 5.69 Å². The zero-order valence-corrected chi connectivity index (χ0v) is 8.12. The monoisotopic (exact) mass is 181 g/mol. The lowest BCUT2D eigenvalue weighted by atomic mass is 10.0. The third-order valence-electron chi connectivity index (χ3n) is 2.76. The molecule has 0 amide bonds. The van der Waals surface area contributed by atoms with Gasteiger partial charge < -0.3 is 0 Å². The number of aliphatic imine (C=N–C) groups is 1. The molecular weight excluding hydrogens is 170 g/mol. The Labute approximate surface area is 83.1 Å². The fourth-order valence-corrected chi connectivity index (χ4v) is 2.12. The Morgan fingerprint density at radius 1 is 1.07 bits per heavy atom. The third-order valence-corrected chi connectivity index (χ3v) is 2.76. The molecule has 0 spiro atoms. The van der Waals surface area contributed by atoms with Crippen molar-refractivity contribution < 1.29 is 0 Å². The molecule has 0 unspecified atom stereocenters. The molecule has 2 aromatic rings. The zero-order chi connectivity index (χ0) is 9.54. The molecule has 0 fully saturated rings. The van der Waals surface area contributed by atoms with Crippen molar-refractivity contribution in [2.75, 3.05) is 0 Å². The molecule has 0 N–H and O–H groups in total. The summed E-state index contributed by atoms with van der Waals surface area (Å²) in [5.41, 5.74) is 3.76. The van der Waals surface area contributed by atoms with E-state index < -0.39 is 0 Å². The van der Waals surface area contributed by atoms with Crippen LogP contribution in [0.5, 0.6) is 0 Å². The van der Waals surface area contributed by atoms with E-state index in [4.69, 9.17) is 0 Å². The number of hydrogen-bond acceptors (Lipinski definition) is 1. The molecule has 1 heteroatoms. The molecule has 0 aromatic heterocycles. The van der Waals surface area contributed by atoms with Crippen LogP contribution in [0.3, 0.4) is 0 Å². The Bertz CT molecular complexity index is 538. The van der Waals surface area contributed by atoms with Crippen molar-refractivity contribution in [1.82, 2.24) is 0 Å². The van der Waals surface area contributed by atoms with Gasteiger partial charge in [0.1, 0.15) is 0 Å². The number of hydrogen-bond donors (Lipinski definition) is 0. The second kappa shape index (κ2) is 2.68. The number of benzene rings is 2. The first-order valence-electron chi connectivity index (χ1n) is 4.89. The summed E-state index contributed by atoms with van der Waals surface area (Å²) in [6.07, 6.45) is 1.01. The van der Waals surface area contributed by atoms with Gasteiger partial charge in [0.2, 0.25) is 0 Å². The van der Waals surface area contributed by atoms with Gasteiger partial charge >= 0.3 is 0 Å². The summed E-state index contributed by atoms with van der Waals surface area (Å²) in [4.78, 5) is 4.52. The lowest BCUT2D eigenvalue weighted by Crippen LogP contribution is -1.89. The highest BCUT2D eigenvalue weighted by Gasteiger charge is 2.13. The van der Waals surface area contributed by atoms with Crippen molar-refractivity contribution in [2.24, 2.45) is 4.99 Å². The Hall–Kier alpha value is -1.63. The minimum atomic E-state index is 1.01. The quantitative estimate of drug-likeness (QED) is 0.590. The molecular formula is C13H11N. The van der Waals surface area contributed by atoms with E-state index in [9.17, 15) is 0 Å². The van der Waals surface area contributed by atoms with Crippen LogP contribution in [0.25, 0.3) is 10.8 Å². The lowest BCUT2D eigenvalue weighted by Gasteiger charge is -2.02. The summed E-state index contributed by atoms with van der Waals surface area (Å²) in [5.74, 6) is 0. The third kappa shape index (κ3) is 0.987. The summed E-state index contributed by atoms with van der Waals surface area (Å²) in [6, 6.07) is 12.8. The average Bonchev–Trinajstić information content (AvgIpc) is 2.59. The number of nitrogens with zero attached hydrogens (tertiary/aromatic N) is 1. The molecule has 1 nitrogen and oxygen atoms in total. The molecule has 1 aliphatic heterocycles. The molecule has 68 valence electrons. The second-order valence-corrected chi connectivity index (χ2v) is 3.81. The van der Waals surface area contributed by atoms with Crippen molar-refractivity contribution in [3.8, 4) is 0 Å². The predicted octanol–water partition coefficient (Wildman–Crippen LogP) is 3.49. The van der Waals surface area contributed by atoms with Crippen molar-refractivity contribution >= 4 is 22.2 Å². The molecule has 0 saturated carbocycles. The van der Waals surface area contributed by atoms with E-state index in [-0.39, 0.29) is 0 Å². The molecule has 0 radical (unpaired) electrons. The van der Waals surface area contributed by atoms with Gasteiger partial charge in [-0.25, -0.2) is 0 Å². The van der Waals surface area contributed by atoms with Gasteiger partial charge in [-0.05, 0) is 29.3 Å². The summed E-state index contributed by atoms with van der Waals surface area (Å²) < 4.78 is 0. The fraction of sp³-hybridized carbons (Fsp3) is 0.154. The molecule has 0 atom stereocenters. The Kier molecular flexibility index (Phi) is 1.48. The molecule has 1 aliphatic rings. The predicted molar refractivity (Wildman–Crippen MR) is 60.4 cm³/mol. The van der Waals surface area contributed by atoms with Gasteiger partial charge in [-0.1, -0.05) is 30.3 Å². The first-order valence-corrected chi connectivity index (χ1v) is 4.89. The maximum Gasteiger partial charge on any atom is 0.0671 e. The smallest absolute Gasteiger partial charge is 0.0671 e. The molecule has 2 aromatic carbocycles. The van der Waals surface area contributed by atoms with Crippen LogP contribution in [0.4, 0.5) is 5.69 Å². The van der Waals surface area contributed by atoms with E-state index in [1.807, 2.05) is 0 Å². The van der Waals surface area contributed by atoms with Gasteiger partial charge in [-0.3, -0.25) is 4.99 Å². The van der Waals surface area contributed by atoms with E-state index in [0.29, 0.717) is 0 Å². The zero-order valence-electron chi connectivity index (χ0n) is 8.12. The topological polar surface area (TPSA) is 12.4 Å². The summed E-state index contributed by atoms with van der Waals surface area (Å²) in [5, 5.41) is 2.67. The second-order valence-electron chi connectivity index (χ2n) is 3.81. The van der Waals surface area contributed by atoms with E-state index in [2.05, 4.69) is 48.3 Å². The van der Waals surface area contributed by atoms with Gasteiger partial charge in [0, 0.05) is 12.1 Å². The van der Waals surface area contributed by atoms with Crippen LogP contribution in [0.1, 0.15) is 12.5 Å². The summed E-state index contributed by atoms with van der Waals surface area (Å²) in [7, 11) is 0. The maximum absolute atomic E-state index is 4.52. The molecule has 3 rings (SSSR count). The Morgan fingerprint density at radius 2 is 1.93 bits per heavy atom. The number of fused-ring (bicyclic) bond motifs is 3. The largest absolute Gasteiger partial charge is 0.257 e. The van der Waals surface area contributed by atoms with Crippen LogP contribution >= 0.6 is 0 Å². The standard InChI is InChI=1S/C13H11N/c1-9-8-12-11-5-3-2-4-10(11)6-7-13(12)14-9/h2-7H,8H2,1H3. The van der Waals surface area contributed by atoms with Crippen molar-refractivity contribution in [3.05, 3.63) is 42.0 Å². The van der Waals surface area contributed by atoms with Crippen molar-refractivity contribution in [1.29, 1.82) is 0 Å². The van der Waals surface area contributed by atoms with Gasteiger partial charge in [-0.2, -0.15) is 0 Å². The first-order chi connectivity index (χ1) is 6.84. The van der Waals surface area contributed by atoms with E-state index in [1.165, 1.54) is 22.0 Å². The maximum atomic E-state index is 4.52. The Balaban J connectivity index is 2.38. The van der Waals surface area contributed by atoms with Crippen molar-refractivity contribution in [3.63, 3.8) is 0 Å². The summed E-state index contributed by atoms with van der Waals surface area (Å²) >= 11 is 0. The lowest BCUT2D eigenvalue weighted by molar-refractivity contribution is 1.42. The SMILES string of the molecule is CC1=Nc2ccc3ccccc3c2C1. The fourth-order valence-electron chi connectivity index (χ4n) is 2.12. The van der Waals surface area contributed by atoms with Crippen LogP contribution < -0.4 is 0 Å².